The zero-order chi connectivity index (χ0) is 14.7. The number of pyridine rings is 1. The summed E-state index contributed by atoms with van der Waals surface area (Å²) in [5.74, 6) is -0.627. The molecule has 0 radical (unpaired) electrons. The van der Waals surface area contributed by atoms with Crippen molar-refractivity contribution in [2.75, 3.05) is 11.9 Å². The molecule has 0 aliphatic carbocycles. The van der Waals surface area contributed by atoms with E-state index in [0.29, 0.717) is 23.6 Å². The first kappa shape index (κ1) is 13.9. The molecule has 0 fully saturated rings. The SMILES string of the molecule is Cc1nnc(N(C)Cc2cccnc2)c(C(=O)O)c1C. The van der Waals surface area contributed by atoms with Gasteiger partial charge >= 0.3 is 5.97 Å². The van der Waals surface area contributed by atoms with Gasteiger partial charge in [-0.05, 0) is 31.0 Å². The Morgan fingerprint density at radius 3 is 2.70 bits per heavy atom. The van der Waals surface area contributed by atoms with Gasteiger partial charge in [0.15, 0.2) is 5.82 Å². The van der Waals surface area contributed by atoms with Crippen LogP contribution in [0.25, 0.3) is 0 Å². The quantitative estimate of drug-likeness (QED) is 0.914. The third-order valence-corrected chi connectivity index (χ3v) is 3.15. The zero-order valence-corrected chi connectivity index (χ0v) is 11.7. The molecule has 2 aromatic rings. The average molecular weight is 272 g/mol. The van der Waals surface area contributed by atoms with Gasteiger partial charge in [0, 0.05) is 26.0 Å². The fraction of sp³-hybridized carbons (Fsp3) is 0.286. The smallest absolute Gasteiger partial charge is 0.339 e. The summed E-state index contributed by atoms with van der Waals surface area (Å²) in [5.41, 5.74) is 2.44. The van der Waals surface area contributed by atoms with Crippen molar-refractivity contribution in [3.8, 4) is 0 Å². The van der Waals surface area contributed by atoms with Crippen LogP contribution in [0.5, 0.6) is 0 Å². The van der Waals surface area contributed by atoms with Crippen molar-refractivity contribution < 1.29 is 9.90 Å². The third kappa shape index (κ3) is 2.74. The molecule has 104 valence electrons. The first-order valence-corrected chi connectivity index (χ1v) is 6.18. The minimum absolute atomic E-state index is 0.198. The lowest BCUT2D eigenvalue weighted by Crippen LogP contribution is -2.22. The largest absolute Gasteiger partial charge is 0.478 e. The number of carboxylic acids is 1. The summed E-state index contributed by atoms with van der Waals surface area (Å²) >= 11 is 0. The number of aromatic carboxylic acids is 1. The monoisotopic (exact) mass is 272 g/mol. The van der Waals surface area contributed by atoms with Crippen LogP contribution in [0.1, 0.15) is 27.2 Å². The van der Waals surface area contributed by atoms with Gasteiger partial charge in [0.2, 0.25) is 0 Å². The normalized spacial score (nSPS) is 10.3. The highest BCUT2D eigenvalue weighted by Gasteiger charge is 2.20. The van der Waals surface area contributed by atoms with E-state index in [-0.39, 0.29) is 5.56 Å². The molecule has 6 heteroatoms. The molecule has 0 amide bonds. The Hall–Kier alpha value is -2.50. The van der Waals surface area contributed by atoms with E-state index >= 15 is 0 Å². The van der Waals surface area contributed by atoms with Crippen LogP contribution in [0.15, 0.2) is 24.5 Å². The molecule has 6 nitrogen and oxygen atoms in total. The molecule has 0 aliphatic heterocycles. The first-order valence-electron chi connectivity index (χ1n) is 6.18. The number of nitrogens with zero attached hydrogens (tertiary/aromatic N) is 4. The predicted molar refractivity (Wildman–Crippen MR) is 74.8 cm³/mol. The highest BCUT2D eigenvalue weighted by molar-refractivity contribution is 5.95. The zero-order valence-electron chi connectivity index (χ0n) is 11.7. The minimum Gasteiger partial charge on any atom is -0.478 e. The molecule has 0 aliphatic rings. The number of anilines is 1. The second-order valence-corrected chi connectivity index (χ2v) is 4.63. The van der Waals surface area contributed by atoms with Crippen LogP contribution in [0.4, 0.5) is 5.82 Å². The summed E-state index contributed by atoms with van der Waals surface area (Å²) in [6, 6.07) is 3.77. The van der Waals surface area contributed by atoms with Crippen molar-refractivity contribution in [1.82, 2.24) is 15.2 Å². The number of hydrogen-bond acceptors (Lipinski definition) is 5. The lowest BCUT2D eigenvalue weighted by molar-refractivity contribution is 0.0696. The van der Waals surface area contributed by atoms with E-state index in [2.05, 4.69) is 15.2 Å². The molecule has 0 saturated carbocycles. The van der Waals surface area contributed by atoms with Crippen LogP contribution in [0.2, 0.25) is 0 Å². The van der Waals surface area contributed by atoms with E-state index in [4.69, 9.17) is 0 Å². The molecule has 2 rings (SSSR count). The number of rotatable bonds is 4. The number of aryl methyl sites for hydroxylation is 1. The number of hydrogen-bond donors (Lipinski definition) is 1. The molecule has 0 unspecified atom stereocenters. The van der Waals surface area contributed by atoms with E-state index in [1.165, 1.54) is 0 Å². The molecule has 20 heavy (non-hydrogen) atoms. The second kappa shape index (κ2) is 5.64. The van der Waals surface area contributed by atoms with Gasteiger partial charge in [-0.3, -0.25) is 4.98 Å². The van der Waals surface area contributed by atoms with Crippen LogP contribution in [-0.4, -0.2) is 33.3 Å². The Kier molecular flexibility index (Phi) is 3.93. The van der Waals surface area contributed by atoms with Gasteiger partial charge in [0.1, 0.15) is 5.56 Å². The van der Waals surface area contributed by atoms with Gasteiger partial charge in [0.05, 0.1) is 5.69 Å². The van der Waals surface area contributed by atoms with Crippen molar-refractivity contribution in [2.45, 2.75) is 20.4 Å². The summed E-state index contributed by atoms with van der Waals surface area (Å²) < 4.78 is 0. The van der Waals surface area contributed by atoms with Crippen molar-refractivity contribution in [3.63, 3.8) is 0 Å². The maximum atomic E-state index is 11.4. The van der Waals surface area contributed by atoms with Crippen LogP contribution in [0.3, 0.4) is 0 Å². The molecule has 0 aromatic carbocycles. The third-order valence-electron chi connectivity index (χ3n) is 3.15. The van der Waals surface area contributed by atoms with E-state index in [1.807, 2.05) is 12.1 Å². The Bertz CT molecular complexity index is 629. The lowest BCUT2D eigenvalue weighted by Gasteiger charge is -2.20. The Morgan fingerprint density at radius 2 is 2.10 bits per heavy atom. The van der Waals surface area contributed by atoms with Crippen molar-refractivity contribution in [1.29, 1.82) is 0 Å². The molecule has 0 spiro atoms. The van der Waals surface area contributed by atoms with Gasteiger partial charge in [-0.2, -0.15) is 5.10 Å². The number of carboxylic acid groups (broad SMARTS) is 1. The maximum Gasteiger partial charge on any atom is 0.339 e. The summed E-state index contributed by atoms with van der Waals surface area (Å²) in [6.07, 6.45) is 3.44. The first-order chi connectivity index (χ1) is 9.50. The molecule has 2 heterocycles. The summed E-state index contributed by atoms with van der Waals surface area (Å²) in [6.45, 7) is 4.01. The van der Waals surface area contributed by atoms with E-state index in [9.17, 15) is 9.90 Å². The molecule has 0 bridgehead atoms. The van der Waals surface area contributed by atoms with Gasteiger partial charge < -0.3 is 10.0 Å². The van der Waals surface area contributed by atoms with Crippen molar-refractivity contribution in [2.24, 2.45) is 0 Å². The van der Waals surface area contributed by atoms with Crippen LogP contribution >= 0.6 is 0 Å². The minimum atomic E-state index is -0.992. The summed E-state index contributed by atoms with van der Waals surface area (Å²) in [4.78, 5) is 17.3. The Morgan fingerprint density at radius 1 is 1.35 bits per heavy atom. The highest BCUT2D eigenvalue weighted by atomic mass is 16.4. The topological polar surface area (TPSA) is 79.2 Å². The summed E-state index contributed by atoms with van der Waals surface area (Å²) in [5, 5.41) is 17.4. The highest BCUT2D eigenvalue weighted by Crippen LogP contribution is 2.22. The molecular formula is C14H16N4O2. The summed E-state index contributed by atoms with van der Waals surface area (Å²) in [7, 11) is 1.79. The van der Waals surface area contributed by atoms with Crippen LogP contribution in [-0.2, 0) is 6.54 Å². The molecule has 1 N–H and O–H groups in total. The maximum absolute atomic E-state index is 11.4. The Labute approximate surface area is 117 Å². The van der Waals surface area contributed by atoms with Gasteiger partial charge in [-0.15, -0.1) is 5.10 Å². The Balaban J connectivity index is 2.37. The lowest BCUT2D eigenvalue weighted by atomic mass is 10.1. The van der Waals surface area contributed by atoms with Crippen LogP contribution in [0, 0.1) is 13.8 Å². The van der Waals surface area contributed by atoms with Gasteiger partial charge in [0.25, 0.3) is 0 Å². The van der Waals surface area contributed by atoms with Crippen molar-refractivity contribution in [3.05, 3.63) is 46.9 Å². The standard InChI is InChI=1S/C14H16N4O2/c1-9-10(2)16-17-13(12(9)14(19)20)18(3)8-11-5-4-6-15-7-11/h4-7H,8H2,1-3H3,(H,19,20). The number of aromatic nitrogens is 3. The number of carbonyl (C=O) groups is 1. The van der Waals surface area contributed by atoms with E-state index in [0.717, 1.165) is 5.56 Å². The fourth-order valence-corrected chi connectivity index (χ4v) is 1.96. The molecule has 2 aromatic heterocycles. The molecule has 0 atom stereocenters. The predicted octanol–water partition coefficient (Wildman–Crippen LogP) is 1.82. The van der Waals surface area contributed by atoms with Gasteiger partial charge in [-0.25, -0.2) is 4.79 Å². The van der Waals surface area contributed by atoms with Crippen LogP contribution < -0.4 is 4.90 Å². The van der Waals surface area contributed by atoms with E-state index < -0.39 is 5.97 Å². The van der Waals surface area contributed by atoms with E-state index in [1.54, 1.807) is 38.2 Å². The fourth-order valence-electron chi connectivity index (χ4n) is 1.96. The average Bonchev–Trinajstić information content (AvgIpc) is 2.42. The van der Waals surface area contributed by atoms with Crippen molar-refractivity contribution >= 4 is 11.8 Å². The molecule has 0 saturated heterocycles. The second-order valence-electron chi connectivity index (χ2n) is 4.63. The molecular weight excluding hydrogens is 256 g/mol. The van der Waals surface area contributed by atoms with Gasteiger partial charge in [-0.1, -0.05) is 6.07 Å².